The number of aryl methyl sites for hydroxylation is 1. The van der Waals surface area contributed by atoms with Crippen molar-refractivity contribution in [2.24, 2.45) is 11.8 Å². The van der Waals surface area contributed by atoms with Gasteiger partial charge in [-0.25, -0.2) is 13.2 Å². The maximum Gasteiger partial charge on any atom is 0.329 e. The standard InChI is InChI=1S/C43H54ClN3O7S/c1-28(27-53-37-9-15-45-36-8-3-5-29(2)40(36)37)21-31-22-30-23-38-39(54-34(10-18-52-38)26-47-16-19-55(50,51)20-17-47)25-35(30)42(31)11-13-43(14-12-42,41(48)49)46-33-7-4-6-32(44)24-33/h4,6-7,9,15,23-25,28-29,31,34,46H,3,5,8,10-14,16-22,26-27H2,1-2H3,(H,48,49)/t28-,29-,31?,34?,42?,43?/m1/s1. The van der Waals surface area contributed by atoms with Crippen molar-refractivity contribution in [3.63, 3.8) is 0 Å². The molecule has 1 saturated heterocycles. The molecule has 2 N–H and O–H groups in total. The number of aliphatic carboxylic acids is 1. The van der Waals surface area contributed by atoms with Gasteiger partial charge in [-0.3, -0.25) is 9.88 Å². The molecule has 2 fully saturated rings. The molecule has 3 aromatic rings. The maximum absolute atomic E-state index is 13.1. The fourth-order valence-corrected chi connectivity index (χ4v) is 11.7. The summed E-state index contributed by atoms with van der Waals surface area (Å²) in [6, 6.07) is 13.7. The Morgan fingerprint density at radius 2 is 1.91 bits per heavy atom. The summed E-state index contributed by atoms with van der Waals surface area (Å²) in [5, 5.41) is 14.7. The number of fused-ring (bicyclic) bond motifs is 4. The normalized spacial score (nSPS) is 29.1. The monoisotopic (exact) mass is 791 g/mol. The SMILES string of the molecule is C[C@@H](COc1ccnc2c1[C@H](C)CCC2)CC1Cc2cc3c(cc2C12CCC(Nc1cccc(Cl)c1)(C(=O)O)CC2)OC(CN1CCS(=O)(=O)CC1)CCO3. The molecule has 2 aromatic carbocycles. The van der Waals surface area contributed by atoms with Crippen LogP contribution in [0.2, 0.25) is 5.02 Å². The number of carbonyl (C=O) groups is 1. The molecule has 0 amide bonds. The summed E-state index contributed by atoms with van der Waals surface area (Å²) in [5.41, 5.74) is 4.28. The van der Waals surface area contributed by atoms with Crippen LogP contribution in [0, 0.1) is 11.8 Å². The lowest BCUT2D eigenvalue weighted by atomic mass is 9.59. The molecule has 1 saturated carbocycles. The van der Waals surface area contributed by atoms with Crippen LogP contribution in [0.3, 0.4) is 0 Å². The highest BCUT2D eigenvalue weighted by atomic mass is 35.5. The number of aromatic nitrogens is 1. The van der Waals surface area contributed by atoms with Crippen molar-refractivity contribution >= 4 is 33.1 Å². The van der Waals surface area contributed by atoms with Crippen molar-refractivity contribution in [1.82, 2.24) is 9.88 Å². The van der Waals surface area contributed by atoms with Crippen molar-refractivity contribution in [2.75, 3.05) is 49.7 Å². The molecule has 2 unspecified atom stereocenters. The summed E-state index contributed by atoms with van der Waals surface area (Å²) in [5.74, 6) is 2.94. The first-order valence-electron chi connectivity index (χ1n) is 20.2. The van der Waals surface area contributed by atoms with Crippen LogP contribution in [0.5, 0.6) is 17.2 Å². The van der Waals surface area contributed by atoms with Crippen LogP contribution >= 0.6 is 11.6 Å². The molecule has 296 valence electrons. The van der Waals surface area contributed by atoms with E-state index in [2.05, 4.69) is 41.2 Å². The summed E-state index contributed by atoms with van der Waals surface area (Å²) in [7, 11) is -2.97. The second-order valence-corrected chi connectivity index (χ2v) is 19.7. The Bertz CT molecular complexity index is 2000. The third-order valence-corrected chi connectivity index (χ3v) is 15.1. The van der Waals surface area contributed by atoms with Gasteiger partial charge >= 0.3 is 5.97 Å². The van der Waals surface area contributed by atoms with E-state index in [0.29, 0.717) is 81.6 Å². The third-order valence-electron chi connectivity index (χ3n) is 13.2. The molecular formula is C43H54ClN3O7S. The number of carboxylic acids is 1. The number of nitrogens with zero attached hydrogens (tertiary/aromatic N) is 2. The predicted octanol–water partition coefficient (Wildman–Crippen LogP) is 7.46. The summed E-state index contributed by atoms with van der Waals surface area (Å²) in [6.45, 7) is 7.36. The van der Waals surface area contributed by atoms with E-state index in [1.807, 2.05) is 24.4 Å². The summed E-state index contributed by atoms with van der Waals surface area (Å²) < 4.78 is 43.8. The number of benzene rings is 2. The second-order valence-electron chi connectivity index (χ2n) is 17.0. The van der Waals surface area contributed by atoms with E-state index in [1.54, 1.807) is 12.1 Å². The van der Waals surface area contributed by atoms with Gasteiger partial charge in [-0.05, 0) is 128 Å². The Labute approximate surface area is 330 Å². The first kappa shape index (κ1) is 38.3. The average molecular weight is 792 g/mol. The Hall–Kier alpha value is -3.54. The van der Waals surface area contributed by atoms with Gasteiger partial charge in [-0.1, -0.05) is 31.5 Å². The number of hydrogen-bond donors (Lipinski definition) is 2. The highest BCUT2D eigenvalue weighted by molar-refractivity contribution is 7.91. The van der Waals surface area contributed by atoms with Crippen molar-refractivity contribution in [1.29, 1.82) is 0 Å². The van der Waals surface area contributed by atoms with Gasteiger partial charge < -0.3 is 24.6 Å². The molecule has 2 aliphatic heterocycles. The van der Waals surface area contributed by atoms with E-state index in [1.165, 1.54) is 22.4 Å². The molecule has 8 rings (SSSR count). The van der Waals surface area contributed by atoms with Crippen LogP contribution in [-0.2, 0) is 32.9 Å². The molecule has 10 nitrogen and oxygen atoms in total. The minimum absolute atomic E-state index is 0.125. The van der Waals surface area contributed by atoms with Crippen molar-refractivity contribution in [3.05, 3.63) is 76.1 Å². The molecule has 1 spiro atoms. The van der Waals surface area contributed by atoms with Gasteiger partial charge in [0.05, 0.1) is 24.7 Å². The van der Waals surface area contributed by atoms with Crippen LogP contribution in [0.1, 0.15) is 93.5 Å². The highest BCUT2D eigenvalue weighted by Gasteiger charge is 2.54. The maximum atomic E-state index is 13.1. The molecular weight excluding hydrogens is 738 g/mol. The number of carboxylic acid groups (broad SMARTS) is 1. The van der Waals surface area contributed by atoms with Crippen LogP contribution in [0.15, 0.2) is 48.7 Å². The summed E-state index contributed by atoms with van der Waals surface area (Å²) in [6.07, 6.45) is 9.94. The van der Waals surface area contributed by atoms with Crippen molar-refractivity contribution in [2.45, 2.75) is 101 Å². The van der Waals surface area contributed by atoms with E-state index in [9.17, 15) is 18.3 Å². The van der Waals surface area contributed by atoms with E-state index in [0.717, 1.165) is 49.4 Å². The lowest BCUT2D eigenvalue weighted by molar-refractivity contribution is -0.144. The third kappa shape index (κ3) is 7.90. The van der Waals surface area contributed by atoms with Gasteiger partial charge in [0, 0.05) is 54.2 Å². The fraction of sp³-hybridized carbons (Fsp3) is 0.581. The molecule has 1 aromatic heterocycles. The Morgan fingerprint density at radius 3 is 2.67 bits per heavy atom. The number of hydrogen-bond acceptors (Lipinski definition) is 9. The van der Waals surface area contributed by atoms with Crippen LogP contribution in [-0.4, -0.2) is 85.4 Å². The van der Waals surface area contributed by atoms with Gasteiger partial charge in [0.1, 0.15) is 17.4 Å². The van der Waals surface area contributed by atoms with E-state index in [-0.39, 0.29) is 34.9 Å². The lowest BCUT2D eigenvalue weighted by Gasteiger charge is -2.47. The minimum atomic E-state index is -2.97. The largest absolute Gasteiger partial charge is 0.493 e. The zero-order valence-electron chi connectivity index (χ0n) is 32.0. The van der Waals surface area contributed by atoms with Gasteiger partial charge in [0.2, 0.25) is 0 Å². The van der Waals surface area contributed by atoms with Crippen LogP contribution < -0.4 is 19.5 Å². The number of sulfone groups is 1. The zero-order chi connectivity index (χ0) is 38.4. The number of anilines is 1. The average Bonchev–Trinajstić information content (AvgIpc) is 3.28. The molecule has 55 heavy (non-hydrogen) atoms. The molecule has 12 heteroatoms. The molecule has 3 heterocycles. The van der Waals surface area contributed by atoms with Crippen molar-refractivity contribution < 1.29 is 32.5 Å². The summed E-state index contributed by atoms with van der Waals surface area (Å²) >= 11 is 6.31. The van der Waals surface area contributed by atoms with E-state index < -0.39 is 21.3 Å². The van der Waals surface area contributed by atoms with Gasteiger partial charge in [0.25, 0.3) is 0 Å². The molecule has 3 aliphatic carbocycles. The fourth-order valence-electron chi connectivity index (χ4n) is 10.2. The first-order valence-corrected chi connectivity index (χ1v) is 22.4. The van der Waals surface area contributed by atoms with E-state index in [4.69, 9.17) is 25.8 Å². The smallest absolute Gasteiger partial charge is 0.329 e. The number of ether oxygens (including phenoxy) is 3. The Morgan fingerprint density at radius 1 is 1.11 bits per heavy atom. The summed E-state index contributed by atoms with van der Waals surface area (Å²) in [4.78, 5) is 20.0. The molecule has 0 radical (unpaired) electrons. The lowest BCUT2D eigenvalue weighted by Crippen LogP contribution is -2.53. The minimum Gasteiger partial charge on any atom is -0.493 e. The molecule has 5 aliphatic rings. The first-order chi connectivity index (χ1) is 26.4. The predicted molar refractivity (Wildman–Crippen MR) is 214 cm³/mol. The molecule has 0 bridgehead atoms. The van der Waals surface area contributed by atoms with Gasteiger partial charge in [-0.2, -0.15) is 0 Å². The Kier molecular flexibility index (Phi) is 10.8. The number of halogens is 1. The quantitative estimate of drug-likeness (QED) is 0.214. The topological polar surface area (TPSA) is 127 Å². The second kappa shape index (κ2) is 15.4. The van der Waals surface area contributed by atoms with E-state index >= 15 is 0 Å². The number of pyridine rings is 1. The van der Waals surface area contributed by atoms with Gasteiger partial charge in [0.15, 0.2) is 21.3 Å². The zero-order valence-corrected chi connectivity index (χ0v) is 33.6. The number of nitrogens with one attached hydrogen (secondary N) is 1. The molecule has 4 atom stereocenters. The highest BCUT2D eigenvalue weighted by Crippen LogP contribution is 2.58. The van der Waals surface area contributed by atoms with Crippen LogP contribution in [0.25, 0.3) is 0 Å². The Balaban J connectivity index is 1.05. The van der Waals surface area contributed by atoms with Crippen LogP contribution in [0.4, 0.5) is 5.69 Å². The van der Waals surface area contributed by atoms with Gasteiger partial charge in [-0.15, -0.1) is 0 Å². The van der Waals surface area contributed by atoms with Crippen molar-refractivity contribution in [3.8, 4) is 17.2 Å². The number of rotatable bonds is 10.